The molecule has 0 unspecified atom stereocenters. The standard InChI is InChI=1S/C19H18N2O3/c1-14(22)15-7-9-17(10-8-15)24-13-19(23)21-12-11-18(20-21)16-5-3-2-4-6-16/h2-10H,11-13H2,1H3. The highest BCUT2D eigenvalue weighted by molar-refractivity contribution is 6.02. The average Bonchev–Trinajstić information content (AvgIpc) is 3.11. The molecule has 0 saturated carbocycles. The predicted molar refractivity (Wildman–Crippen MR) is 91.3 cm³/mol. The first-order chi connectivity index (χ1) is 11.6. The van der Waals surface area contributed by atoms with Gasteiger partial charge in [0.1, 0.15) is 5.75 Å². The van der Waals surface area contributed by atoms with Crippen LogP contribution in [0.3, 0.4) is 0 Å². The van der Waals surface area contributed by atoms with Gasteiger partial charge in [-0.25, -0.2) is 5.01 Å². The van der Waals surface area contributed by atoms with E-state index in [0.29, 0.717) is 17.9 Å². The summed E-state index contributed by atoms with van der Waals surface area (Å²) in [5, 5.41) is 5.83. The summed E-state index contributed by atoms with van der Waals surface area (Å²) < 4.78 is 5.48. The molecule has 1 amide bonds. The molecule has 1 aliphatic rings. The SMILES string of the molecule is CC(=O)c1ccc(OCC(=O)N2CCC(c3ccccc3)=N2)cc1. The molecular weight excluding hydrogens is 304 g/mol. The number of ether oxygens (including phenoxy) is 1. The monoisotopic (exact) mass is 322 g/mol. The number of nitrogens with zero attached hydrogens (tertiary/aromatic N) is 2. The second-order valence-corrected chi connectivity index (χ2v) is 5.55. The summed E-state index contributed by atoms with van der Waals surface area (Å²) in [6, 6.07) is 16.6. The Balaban J connectivity index is 1.58. The number of rotatable bonds is 5. The van der Waals surface area contributed by atoms with E-state index in [2.05, 4.69) is 5.10 Å². The summed E-state index contributed by atoms with van der Waals surface area (Å²) in [5.41, 5.74) is 2.56. The van der Waals surface area contributed by atoms with Crippen molar-refractivity contribution in [3.8, 4) is 5.75 Å². The van der Waals surface area contributed by atoms with Crippen molar-refractivity contribution in [2.24, 2.45) is 5.10 Å². The fourth-order valence-electron chi connectivity index (χ4n) is 2.48. The Morgan fingerprint density at radius 2 is 1.79 bits per heavy atom. The summed E-state index contributed by atoms with van der Waals surface area (Å²) in [6.45, 7) is 2.00. The zero-order chi connectivity index (χ0) is 16.9. The minimum absolute atomic E-state index is 0.00234. The van der Waals surface area contributed by atoms with Crippen LogP contribution in [0.25, 0.3) is 0 Å². The maximum Gasteiger partial charge on any atom is 0.280 e. The molecule has 0 atom stereocenters. The quantitative estimate of drug-likeness (QED) is 0.795. The second-order valence-electron chi connectivity index (χ2n) is 5.55. The minimum Gasteiger partial charge on any atom is -0.484 e. The molecule has 5 nitrogen and oxygen atoms in total. The molecule has 5 heteroatoms. The third-order valence-corrected chi connectivity index (χ3v) is 3.82. The number of amides is 1. The zero-order valence-electron chi connectivity index (χ0n) is 13.4. The zero-order valence-corrected chi connectivity index (χ0v) is 13.4. The Kier molecular flexibility index (Phi) is 4.70. The van der Waals surface area contributed by atoms with E-state index in [9.17, 15) is 9.59 Å². The van der Waals surface area contributed by atoms with Crippen molar-refractivity contribution in [1.82, 2.24) is 5.01 Å². The molecule has 0 N–H and O–H groups in total. The van der Waals surface area contributed by atoms with Crippen LogP contribution in [0.4, 0.5) is 0 Å². The molecule has 2 aromatic carbocycles. The van der Waals surface area contributed by atoms with Crippen LogP contribution in [-0.2, 0) is 4.79 Å². The number of carbonyl (C=O) groups is 2. The van der Waals surface area contributed by atoms with Gasteiger partial charge in [-0.1, -0.05) is 30.3 Å². The molecule has 0 fully saturated rings. The van der Waals surface area contributed by atoms with Gasteiger partial charge in [0.2, 0.25) is 0 Å². The van der Waals surface area contributed by atoms with Crippen LogP contribution >= 0.6 is 0 Å². The van der Waals surface area contributed by atoms with Gasteiger partial charge in [-0.3, -0.25) is 9.59 Å². The molecule has 0 aliphatic carbocycles. The molecule has 1 heterocycles. The Bertz CT molecular complexity index is 767. The Labute approximate surface area is 140 Å². The van der Waals surface area contributed by atoms with Crippen molar-refractivity contribution in [2.45, 2.75) is 13.3 Å². The highest BCUT2D eigenvalue weighted by atomic mass is 16.5. The second kappa shape index (κ2) is 7.08. The number of Topliss-reactive ketones (excluding diaryl/α,β-unsaturated/α-hetero) is 1. The first kappa shape index (κ1) is 15.9. The van der Waals surface area contributed by atoms with Crippen molar-refractivity contribution >= 4 is 17.4 Å². The smallest absolute Gasteiger partial charge is 0.280 e. The van der Waals surface area contributed by atoms with Crippen LogP contribution in [0.2, 0.25) is 0 Å². The van der Waals surface area contributed by atoms with Crippen LogP contribution in [0, 0.1) is 0 Å². The summed E-state index contributed by atoms with van der Waals surface area (Å²) >= 11 is 0. The predicted octanol–water partition coefficient (Wildman–Crippen LogP) is 2.90. The van der Waals surface area contributed by atoms with Crippen molar-refractivity contribution in [2.75, 3.05) is 13.2 Å². The molecule has 0 saturated heterocycles. The normalized spacial score (nSPS) is 13.5. The van der Waals surface area contributed by atoms with Crippen LogP contribution in [0.5, 0.6) is 5.75 Å². The molecule has 0 radical (unpaired) electrons. The molecule has 3 rings (SSSR count). The van der Waals surface area contributed by atoms with Crippen molar-refractivity contribution < 1.29 is 14.3 Å². The lowest BCUT2D eigenvalue weighted by molar-refractivity contribution is -0.132. The molecule has 0 aromatic heterocycles. The van der Waals surface area contributed by atoms with Crippen LogP contribution in [0.15, 0.2) is 59.7 Å². The summed E-state index contributed by atoms with van der Waals surface area (Å²) in [6.07, 6.45) is 0.739. The van der Waals surface area contributed by atoms with E-state index in [1.54, 1.807) is 24.3 Å². The number of hydrogen-bond acceptors (Lipinski definition) is 4. The summed E-state index contributed by atoms with van der Waals surface area (Å²) in [7, 11) is 0. The van der Waals surface area contributed by atoms with Gasteiger partial charge >= 0.3 is 0 Å². The highest BCUT2D eigenvalue weighted by Gasteiger charge is 2.21. The topological polar surface area (TPSA) is 59.0 Å². The summed E-state index contributed by atoms with van der Waals surface area (Å²) in [5.74, 6) is 0.369. The first-order valence-corrected chi connectivity index (χ1v) is 7.80. The van der Waals surface area contributed by atoms with Crippen molar-refractivity contribution in [3.05, 3.63) is 65.7 Å². The lowest BCUT2D eigenvalue weighted by Crippen LogP contribution is -2.28. The van der Waals surface area contributed by atoms with Gasteiger partial charge in [-0.05, 0) is 36.8 Å². The number of ketones is 1. The maximum atomic E-state index is 12.2. The molecule has 1 aliphatic heterocycles. The van der Waals surface area contributed by atoms with E-state index in [4.69, 9.17) is 4.74 Å². The number of hydrogen-bond donors (Lipinski definition) is 0. The lowest BCUT2D eigenvalue weighted by atomic mass is 10.1. The van der Waals surface area contributed by atoms with Gasteiger partial charge < -0.3 is 4.74 Å². The van der Waals surface area contributed by atoms with Gasteiger partial charge in [0, 0.05) is 12.0 Å². The maximum absolute atomic E-state index is 12.2. The third kappa shape index (κ3) is 3.68. The molecule has 0 spiro atoms. The van der Waals surface area contributed by atoms with Gasteiger partial charge in [0.15, 0.2) is 12.4 Å². The number of hydrazone groups is 1. The van der Waals surface area contributed by atoms with E-state index < -0.39 is 0 Å². The van der Waals surface area contributed by atoms with E-state index in [1.807, 2.05) is 30.3 Å². The van der Waals surface area contributed by atoms with Gasteiger partial charge in [0.05, 0.1) is 12.3 Å². The fourth-order valence-corrected chi connectivity index (χ4v) is 2.48. The van der Waals surface area contributed by atoms with Gasteiger partial charge in [0.25, 0.3) is 5.91 Å². The lowest BCUT2D eigenvalue weighted by Gasteiger charge is -2.12. The van der Waals surface area contributed by atoms with E-state index in [0.717, 1.165) is 17.7 Å². The highest BCUT2D eigenvalue weighted by Crippen LogP contribution is 2.15. The van der Waals surface area contributed by atoms with Crippen LogP contribution < -0.4 is 4.74 Å². The van der Waals surface area contributed by atoms with Crippen LogP contribution in [-0.4, -0.2) is 35.6 Å². The van der Waals surface area contributed by atoms with E-state index in [1.165, 1.54) is 11.9 Å². The molecule has 24 heavy (non-hydrogen) atoms. The van der Waals surface area contributed by atoms with E-state index in [-0.39, 0.29) is 18.3 Å². The van der Waals surface area contributed by atoms with E-state index >= 15 is 0 Å². The first-order valence-electron chi connectivity index (χ1n) is 7.80. The Morgan fingerprint density at radius 3 is 2.46 bits per heavy atom. The largest absolute Gasteiger partial charge is 0.484 e. The number of benzene rings is 2. The molecule has 2 aromatic rings. The van der Waals surface area contributed by atoms with Crippen molar-refractivity contribution in [3.63, 3.8) is 0 Å². The van der Waals surface area contributed by atoms with Crippen molar-refractivity contribution in [1.29, 1.82) is 0 Å². The fraction of sp³-hybridized carbons (Fsp3) is 0.211. The Morgan fingerprint density at radius 1 is 1.08 bits per heavy atom. The Hall–Kier alpha value is -2.95. The molecular formula is C19H18N2O3. The molecule has 122 valence electrons. The minimum atomic E-state index is -0.184. The van der Waals surface area contributed by atoms with Gasteiger partial charge in [-0.15, -0.1) is 0 Å². The molecule has 0 bridgehead atoms. The summed E-state index contributed by atoms with van der Waals surface area (Å²) in [4.78, 5) is 23.4. The third-order valence-electron chi connectivity index (χ3n) is 3.82. The number of carbonyl (C=O) groups excluding carboxylic acids is 2. The average molecular weight is 322 g/mol. The van der Waals surface area contributed by atoms with Gasteiger partial charge in [-0.2, -0.15) is 5.10 Å². The van der Waals surface area contributed by atoms with Crippen LogP contribution in [0.1, 0.15) is 29.3 Å².